The fraction of sp³-hybridized carbons (Fsp3) is 0.391. The van der Waals surface area contributed by atoms with Gasteiger partial charge in [0, 0.05) is 35.9 Å². The lowest BCUT2D eigenvalue weighted by atomic mass is 9.93. The number of aromatic nitrogens is 3. The molecule has 1 aliphatic heterocycles. The summed E-state index contributed by atoms with van der Waals surface area (Å²) in [6.45, 7) is 5.52. The molecule has 31 heavy (non-hydrogen) atoms. The number of aryl methyl sites for hydroxylation is 2. The average molecular weight is 438 g/mol. The van der Waals surface area contributed by atoms with Gasteiger partial charge in [0.25, 0.3) is 5.91 Å². The molecule has 1 aromatic carbocycles. The zero-order valence-corrected chi connectivity index (χ0v) is 18.7. The van der Waals surface area contributed by atoms with Crippen LogP contribution in [0.5, 0.6) is 5.75 Å². The first-order valence-corrected chi connectivity index (χ1v) is 11.4. The number of carbonyl (C=O) groups excluding carboxylic acids is 1. The topological polar surface area (TPSA) is 80.2 Å². The SMILES string of the molecule is Cc1nc(C[C@H]2CCCN(C(=O)COc3ccccc3)C2)cc(Nc2ncc(C)s2)n1. The van der Waals surface area contributed by atoms with E-state index in [2.05, 4.69) is 20.3 Å². The van der Waals surface area contributed by atoms with Crippen LogP contribution in [0.3, 0.4) is 0 Å². The lowest BCUT2D eigenvalue weighted by Gasteiger charge is -2.32. The van der Waals surface area contributed by atoms with Gasteiger partial charge in [0.1, 0.15) is 17.4 Å². The molecule has 0 spiro atoms. The molecule has 3 heterocycles. The predicted molar refractivity (Wildman–Crippen MR) is 122 cm³/mol. The number of carbonyl (C=O) groups is 1. The zero-order chi connectivity index (χ0) is 21.6. The summed E-state index contributed by atoms with van der Waals surface area (Å²) in [4.78, 5) is 29.2. The number of benzene rings is 1. The van der Waals surface area contributed by atoms with E-state index in [-0.39, 0.29) is 12.5 Å². The monoisotopic (exact) mass is 437 g/mol. The Balaban J connectivity index is 1.35. The summed E-state index contributed by atoms with van der Waals surface area (Å²) in [5.41, 5.74) is 0.989. The Kier molecular flexibility index (Phi) is 6.76. The van der Waals surface area contributed by atoms with E-state index in [0.29, 0.717) is 5.92 Å². The summed E-state index contributed by atoms with van der Waals surface area (Å²) < 4.78 is 5.64. The first-order valence-electron chi connectivity index (χ1n) is 10.5. The molecular formula is C23H27N5O2S. The molecule has 1 amide bonds. The Hall–Kier alpha value is -3.00. The van der Waals surface area contributed by atoms with Crippen LogP contribution in [-0.2, 0) is 11.2 Å². The van der Waals surface area contributed by atoms with Crippen LogP contribution in [0.4, 0.5) is 10.9 Å². The fourth-order valence-electron chi connectivity index (χ4n) is 3.83. The molecule has 4 rings (SSSR count). The van der Waals surface area contributed by atoms with Gasteiger partial charge in [-0.2, -0.15) is 0 Å². The third-order valence-electron chi connectivity index (χ3n) is 5.22. The van der Waals surface area contributed by atoms with Crippen LogP contribution >= 0.6 is 11.3 Å². The van der Waals surface area contributed by atoms with Gasteiger partial charge in [-0.05, 0) is 51.2 Å². The molecule has 1 fully saturated rings. The summed E-state index contributed by atoms with van der Waals surface area (Å²) in [5.74, 6) is 2.62. The van der Waals surface area contributed by atoms with Crippen LogP contribution in [0, 0.1) is 19.8 Å². The number of hydrogen-bond acceptors (Lipinski definition) is 7. The van der Waals surface area contributed by atoms with E-state index in [0.717, 1.165) is 65.4 Å². The molecule has 162 valence electrons. The molecule has 0 bridgehead atoms. The molecule has 1 saturated heterocycles. The van der Waals surface area contributed by atoms with Crippen LogP contribution in [-0.4, -0.2) is 45.5 Å². The van der Waals surface area contributed by atoms with Crippen molar-refractivity contribution < 1.29 is 9.53 Å². The molecule has 1 aliphatic rings. The lowest BCUT2D eigenvalue weighted by molar-refractivity contribution is -0.135. The number of thiazole rings is 1. The van der Waals surface area contributed by atoms with Crippen LogP contribution in [0.1, 0.15) is 29.2 Å². The van der Waals surface area contributed by atoms with Gasteiger partial charge in [0.2, 0.25) is 0 Å². The van der Waals surface area contributed by atoms with Crippen molar-refractivity contribution in [2.75, 3.05) is 25.0 Å². The van der Waals surface area contributed by atoms with E-state index >= 15 is 0 Å². The van der Waals surface area contributed by atoms with E-state index in [1.165, 1.54) is 0 Å². The molecule has 0 saturated carbocycles. The van der Waals surface area contributed by atoms with E-state index < -0.39 is 0 Å². The highest BCUT2D eigenvalue weighted by Crippen LogP contribution is 2.24. The number of anilines is 2. The number of rotatable bonds is 7. The highest BCUT2D eigenvalue weighted by Gasteiger charge is 2.24. The van der Waals surface area contributed by atoms with Crippen molar-refractivity contribution in [3.05, 3.63) is 59.0 Å². The smallest absolute Gasteiger partial charge is 0.260 e. The molecule has 0 unspecified atom stereocenters. The fourth-order valence-corrected chi connectivity index (χ4v) is 4.50. The summed E-state index contributed by atoms with van der Waals surface area (Å²) in [6.07, 6.45) is 4.74. The minimum absolute atomic E-state index is 0.0360. The van der Waals surface area contributed by atoms with Crippen molar-refractivity contribution in [2.45, 2.75) is 33.1 Å². The molecule has 7 nitrogen and oxygen atoms in total. The molecule has 1 atom stereocenters. The normalized spacial score (nSPS) is 16.2. The van der Waals surface area contributed by atoms with Gasteiger partial charge in [0.15, 0.2) is 11.7 Å². The molecular weight excluding hydrogens is 410 g/mol. The maximum absolute atomic E-state index is 12.6. The van der Waals surface area contributed by atoms with E-state index in [4.69, 9.17) is 4.74 Å². The first-order chi connectivity index (χ1) is 15.0. The van der Waals surface area contributed by atoms with Crippen molar-refractivity contribution in [3.8, 4) is 5.75 Å². The number of amides is 1. The van der Waals surface area contributed by atoms with Crippen LogP contribution in [0.2, 0.25) is 0 Å². The van der Waals surface area contributed by atoms with Gasteiger partial charge >= 0.3 is 0 Å². The number of nitrogens with one attached hydrogen (secondary N) is 1. The second-order valence-corrected chi connectivity index (χ2v) is 9.08. The Morgan fingerprint density at radius 2 is 2.10 bits per heavy atom. The quantitative estimate of drug-likeness (QED) is 0.598. The second-order valence-electron chi connectivity index (χ2n) is 7.85. The Labute approximate surface area is 186 Å². The number of ether oxygens (including phenoxy) is 1. The van der Waals surface area contributed by atoms with Crippen LogP contribution in [0.25, 0.3) is 0 Å². The zero-order valence-electron chi connectivity index (χ0n) is 17.9. The lowest BCUT2D eigenvalue weighted by Crippen LogP contribution is -2.42. The largest absolute Gasteiger partial charge is 0.484 e. The average Bonchev–Trinajstić information content (AvgIpc) is 3.17. The molecule has 1 N–H and O–H groups in total. The minimum atomic E-state index is 0.0360. The van der Waals surface area contributed by atoms with Gasteiger partial charge in [-0.15, -0.1) is 11.3 Å². The standard InChI is InChI=1S/C23H27N5O2S/c1-16-13-24-23(31-16)27-21-12-19(25-17(2)26-21)11-18-7-6-10-28(14-18)22(29)15-30-20-8-4-3-5-9-20/h3-5,8-9,12-13,18H,6-7,10-11,14-15H2,1-2H3,(H,24,25,26,27)/t18-/m1/s1. The maximum Gasteiger partial charge on any atom is 0.260 e. The maximum atomic E-state index is 12.6. The number of para-hydroxylation sites is 1. The summed E-state index contributed by atoms with van der Waals surface area (Å²) >= 11 is 1.60. The van der Waals surface area contributed by atoms with Crippen molar-refractivity contribution in [3.63, 3.8) is 0 Å². The summed E-state index contributed by atoms with van der Waals surface area (Å²) in [7, 11) is 0. The van der Waals surface area contributed by atoms with Crippen LogP contribution in [0.15, 0.2) is 42.6 Å². The number of piperidine rings is 1. The van der Waals surface area contributed by atoms with Gasteiger partial charge < -0.3 is 15.0 Å². The molecule has 0 aliphatic carbocycles. The van der Waals surface area contributed by atoms with Crippen molar-refractivity contribution >= 4 is 28.2 Å². The number of likely N-dealkylation sites (tertiary alicyclic amines) is 1. The summed E-state index contributed by atoms with van der Waals surface area (Å²) in [6, 6.07) is 11.4. The van der Waals surface area contributed by atoms with E-state index in [1.807, 2.05) is 61.3 Å². The summed E-state index contributed by atoms with van der Waals surface area (Å²) in [5, 5.41) is 4.11. The van der Waals surface area contributed by atoms with E-state index in [9.17, 15) is 4.79 Å². The third kappa shape index (κ3) is 6.01. The first kappa shape index (κ1) is 21.2. The minimum Gasteiger partial charge on any atom is -0.484 e. The number of hydrogen-bond donors (Lipinski definition) is 1. The van der Waals surface area contributed by atoms with Crippen LogP contribution < -0.4 is 10.1 Å². The van der Waals surface area contributed by atoms with Gasteiger partial charge in [0.05, 0.1) is 0 Å². The number of nitrogens with zero attached hydrogens (tertiary/aromatic N) is 4. The van der Waals surface area contributed by atoms with Crippen molar-refractivity contribution in [1.82, 2.24) is 19.9 Å². The van der Waals surface area contributed by atoms with Crippen molar-refractivity contribution in [1.29, 1.82) is 0 Å². The third-order valence-corrected chi connectivity index (χ3v) is 6.05. The highest BCUT2D eigenvalue weighted by atomic mass is 32.1. The highest BCUT2D eigenvalue weighted by molar-refractivity contribution is 7.15. The Morgan fingerprint density at radius 1 is 1.26 bits per heavy atom. The molecule has 0 radical (unpaired) electrons. The second kappa shape index (κ2) is 9.87. The molecule has 8 heteroatoms. The van der Waals surface area contributed by atoms with E-state index in [1.54, 1.807) is 11.3 Å². The van der Waals surface area contributed by atoms with Gasteiger partial charge in [-0.25, -0.2) is 15.0 Å². The molecule has 2 aromatic heterocycles. The van der Waals surface area contributed by atoms with Crippen molar-refractivity contribution in [2.24, 2.45) is 5.92 Å². The Morgan fingerprint density at radius 3 is 2.87 bits per heavy atom. The Bertz CT molecular complexity index is 1020. The van der Waals surface area contributed by atoms with Gasteiger partial charge in [-0.1, -0.05) is 18.2 Å². The molecule has 3 aromatic rings. The predicted octanol–water partition coefficient (Wildman–Crippen LogP) is 4.15. The van der Waals surface area contributed by atoms with Gasteiger partial charge in [-0.3, -0.25) is 4.79 Å².